The van der Waals surface area contributed by atoms with Crippen molar-refractivity contribution in [2.45, 2.75) is 102 Å². The zero-order chi connectivity index (χ0) is 25.9. The maximum atomic E-state index is 7.25. The molecular formula is C28H36ClN3O4Si. The molecule has 198 valence electrons. The van der Waals surface area contributed by atoms with Gasteiger partial charge in [0.25, 0.3) is 0 Å². The quantitative estimate of drug-likeness (QED) is 0.244. The van der Waals surface area contributed by atoms with E-state index in [9.17, 15) is 0 Å². The van der Waals surface area contributed by atoms with Crippen LogP contribution in [0.4, 0.5) is 0 Å². The molecule has 5 atom stereocenters. The molecule has 1 aromatic carbocycles. The van der Waals surface area contributed by atoms with Crippen LogP contribution in [0.15, 0.2) is 36.8 Å². The Morgan fingerprint density at radius 3 is 2.46 bits per heavy atom. The van der Waals surface area contributed by atoms with Gasteiger partial charge in [-0.1, -0.05) is 50.6 Å². The fraction of sp³-hybridized carbons (Fsp3) is 0.571. The van der Waals surface area contributed by atoms with Crippen LogP contribution >= 0.6 is 11.6 Å². The normalized spacial score (nSPS) is 27.2. The van der Waals surface area contributed by atoms with Gasteiger partial charge in [0.2, 0.25) is 0 Å². The van der Waals surface area contributed by atoms with E-state index in [1.807, 2.05) is 30.7 Å². The molecule has 1 aliphatic carbocycles. The van der Waals surface area contributed by atoms with Crippen LogP contribution in [0.1, 0.15) is 63.6 Å². The fourth-order valence-corrected chi connectivity index (χ4v) is 9.21. The van der Waals surface area contributed by atoms with Gasteiger partial charge in [0.15, 0.2) is 20.3 Å². The van der Waals surface area contributed by atoms with Crippen molar-refractivity contribution in [3.8, 4) is 0 Å². The lowest BCUT2D eigenvalue weighted by Crippen LogP contribution is -2.43. The van der Waals surface area contributed by atoms with Crippen molar-refractivity contribution in [2.24, 2.45) is 0 Å². The van der Waals surface area contributed by atoms with Crippen molar-refractivity contribution in [2.75, 3.05) is 0 Å². The molecule has 37 heavy (non-hydrogen) atoms. The van der Waals surface area contributed by atoms with Crippen LogP contribution in [0.5, 0.6) is 0 Å². The summed E-state index contributed by atoms with van der Waals surface area (Å²) in [5.74, 6) is -0.731. The minimum absolute atomic E-state index is 0.243. The van der Waals surface area contributed by atoms with E-state index in [2.05, 4.69) is 48.9 Å². The van der Waals surface area contributed by atoms with Crippen LogP contribution in [-0.4, -0.2) is 47.0 Å². The second-order valence-corrected chi connectivity index (χ2v) is 16.1. The van der Waals surface area contributed by atoms with Gasteiger partial charge in [-0.15, -0.1) is 0 Å². The summed E-state index contributed by atoms with van der Waals surface area (Å²) in [7, 11) is -1.98. The first-order valence-electron chi connectivity index (χ1n) is 13.6. The second kappa shape index (κ2) is 9.43. The predicted octanol–water partition coefficient (Wildman–Crippen LogP) is 6.36. The smallest absolute Gasteiger partial charge is 0.193 e. The van der Waals surface area contributed by atoms with Gasteiger partial charge in [-0.3, -0.25) is 0 Å². The van der Waals surface area contributed by atoms with E-state index >= 15 is 0 Å². The van der Waals surface area contributed by atoms with E-state index < -0.39 is 20.3 Å². The third kappa shape index (κ3) is 4.26. The van der Waals surface area contributed by atoms with Gasteiger partial charge in [0.1, 0.15) is 35.4 Å². The first-order chi connectivity index (χ1) is 17.8. The molecule has 0 radical (unpaired) electrons. The number of hydrogen-bond acceptors (Lipinski definition) is 6. The summed E-state index contributed by atoms with van der Waals surface area (Å²) in [6.07, 6.45) is 4.10. The highest BCUT2D eigenvalue weighted by Crippen LogP contribution is 2.49. The number of hydrogen-bond donors (Lipinski definition) is 0. The number of rotatable bonds is 8. The van der Waals surface area contributed by atoms with E-state index in [-0.39, 0.29) is 24.4 Å². The molecule has 0 spiro atoms. The Morgan fingerprint density at radius 2 is 1.78 bits per heavy atom. The summed E-state index contributed by atoms with van der Waals surface area (Å²) in [5.41, 5.74) is 4.75. The molecule has 6 rings (SSSR count). The fourth-order valence-electron chi connectivity index (χ4n) is 6.21. The number of ether oxygens (including phenoxy) is 3. The summed E-state index contributed by atoms with van der Waals surface area (Å²) in [6.45, 7) is 10.7. The molecule has 4 heterocycles. The topological polar surface area (TPSA) is 67.6 Å². The van der Waals surface area contributed by atoms with E-state index in [1.54, 1.807) is 0 Å². The second-order valence-electron chi connectivity index (χ2n) is 11.0. The lowest BCUT2D eigenvalue weighted by molar-refractivity contribution is -0.206. The molecule has 3 aromatic rings. The third-order valence-electron chi connectivity index (χ3n) is 8.63. The number of benzene rings is 1. The third-order valence-corrected chi connectivity index (χ3v) is 13.6. The molecular weight excluding hydrogens is 506 g/mol. The summed E-state index contributed by atoms with van der Waals surface area (Å²) in [6, 6.07) is 11.9. The number of aryl methyl sites for hydroxylation is 2. The zero-order valence-electron chi connectivity index (χ0n) is 22.2. The van der Waals surface area contributed by atoms with Gasteiger partial charge >= 0.3 is 0 Å². The van der Waals surface area contributed by atoms with Crippen molar-refractivity contribution < 1.29 is 18.6 Å². The van der Waals surface area contributed by atoms with Gasteiger partial charge in [0.05, 0.1) is 11.5 Å². The standard InChI is InChI=1S/C28H36ClN3O4Si/c1-6-37(7-2,8-3)36-21(19-12-10-17-9-11-18(17)15-19)22-23-24(35-28(4,5)34-23)27(33-22)32-14-13-20-25(29)30-16-31-26(20)32/h10,12-16,21-24,27H,6-9,11H2,1-5H3/t21?,22-,23-,24-,27-/m1/s1. The molecule has 1 unspecified atom stereocenters. The van der Waals surface area contributed by atoms with Gasteiger partial charge in [-0.05, 0) is 67.6 Å². The maximum Gasteiger partial charge on any atom is 0.193 e. The van der Waals surface area contributed by atoms with Crippen LogP contribution in [0.3, 0.4) is 0 Å². The molecule has 2 saturated heterocycles. The number of aromatic nitrogens is 3. The summed E-state index contributed by atoms with van der Waals surface area (Å²) in [5, 5.41) is 1.21. The Labute approximate surface area is 224 Å². The molecule has 0 bridgehead atoms. The monoisotopic (exact) mass is 541 g/mol. The molecule has 0 saturated carbocycles. The van der Waals surface area contributed by atoms with Crippen LogP contribution < -0.4 is 0 Å². The van der Waals surface area contributed by atoms with E-state index in [0.717, 1.165) is 42.0 Å². The number of fused-ring (bicyclic) bond motifs is 3. The van der Waals surface area contributed by atoms with E-state index in [1.165, 1.54) is 23.0 Å². The van der Waals surface area contributed by atoms with Crippen LogP contribution in [0, 0.1) is 0 Å². The molecule has 2 aliphatic heterocycles. The van der Waals surface area contributed by atoms with Crippen molar-refractivity contribution >= 4 is 31.0 Å². The van der Waals surface area contributed by atoms with Gasteiger partial charge in [-0.25, -0.2) is 9.97 Å². The average Bonchev–Trinajstić information content (AvgIpc) is 3.53. The summed E-state index contributed by atoms with van der Waals surface area (Å²) in [4.78, 5) is 8.66. The first-order valence-corrected chi connectivity index (χ1v) is 16.5. The molecule has 0 amide bonds. The van der Waals surface area contributed by atoms with Crippen molar-refractivity contribution in [3.63, 3.8) is 0 Å². The van der Waals surface area contributed by atoms with Crippen LogP contribution in [0.2, 0.25) is 23.3 Å². The Bertz CT molecular complexity index is 1300. The molecule has 0 N–H and O–H groups in total. The van der Waals surface area contributed by atoms with Gasteiger partial charge < -0.3 is 23.2 Å². The Balaban J connectivity index is 1.43. The number of halogens is 1. The van der Waals surface area contributed by atoms with Crippen molar-refractivity contribution in [1.82, 2.24) is 14.5 Å². The van der Waals surface area contributed by atoms with Crippen molar-refractivity contribution in [3.05, 3.63) is 58.6 Å². The highest BCUT2D eigenvalue weighted by atomic mass is 35.5. The number of nitrogens with zero attached hydrogens (tertiary/aromatic N) is 3. The van der Waals surface area contributed by atoms with Crippen molar-refractivity contribution in [1.29, 1.82) is 0 Å². The lowest BCUT2D eigenvalue weighted by atomic mass is 9.85. The molecule has 9 heteroatoms. The SMILES string of the molecule is CC[Si](CC)(CC)OC(c1ccc2c(c1)CC2)[C@H]1O[C@@H](n2ccc3c(Cl)ncnc32)[C@@H]2OC(C)(C)O[C@@H]21. The van der Waals surface area contributed by atoms with E-state index in [4.69, 9.17) is 30.2 Å². The molecule has 2 fully saturated rings. The minimum Gasteiger partial charge on any atom is -0.407 e. The maximum absolute atomic E-state index is 7.25. The highest BCUT2D eigenvalue weighted by Gasteiger charge is 2.59. The van der Waals surface area contributed by atoms with Gasteiger partial charge in [-0.2, -0.15) is 0 Å². The lowest BCUT2D eigenvalue weighted by Gasteiger charge is -2.38. The molecule has 3 aliphatic rings. The Morgan fingerprint density at radius 1 is 1.05 bits per heavy atom. The zero-order valence-corrected chi connectivity index (χ0v) is 24.0. The molecule has 2 aromatic heterocycles. The molecule has 7 nitrogen and oxygen atoms in total. The van der Waals surface area contributed by atoms with Gasteiger partial charge in [0, 0.05) is 6.20 Å². The largest absolute Gasteiger partial charge is 0.407 e. The van der Waals surface area contributed by atoms with Crippen LogP contribution in [-0.2, 0) is 31.5 Å². The first kappa shape index (κ1) is 25.5. The minimum atomic E-state index is -1.98. The van der Waals surface area contributed by atoms with E-state index in [0.29, 0.717) is 5.15 Å². The Hall–Kier alpha value is -1.81. The predicted molar refractivity (Wildman–Crippen MR) is 145 cm³/mol. The van der Waals surface area contributed by atoms with Crippen LogP contribution in [0.25, 0.3) is 11.0 Å². The summed E-state index contributed by atoms with van der Waals surface area (Å²) >= 11 is 6.37. The summed E-state index contributed by atoms with van der Waals surface area (Å²) < 4.78 is 29.2. The highest BCUT2D eigenvalue weighted by molar-refractivity contribution is 6.73. The Kier molecular flexibility index (Phi) is 6.49. The average molecular weight is 542 g/mol.